The van der Waals surface area contributed by atoms with E-state index in [0.29, 0.717) is 0 Å². The maximum atomic E-state index is 12.2. The number of hydrogen-bond donors (Lipinski definition) is 2. The molecule has 0 spiro atoms. The number of nitrogens with one attached hydrogen (secondary N) is 1. The van der Waals surface area contributed by atoms with Crippen molar-refractivity contribution < 1.29 is 28.9 Å². The first-order chi connectivity index (χ1) is 15.2. The van der Waals surface area contributed by atoms with Gasteiger partial charge in [-0.1, -0.05) is 64.0 Å². The summed E-state index contributed by atoms with van der Waals surface area (Å²) >= 11 is 0. The van der Waals surface area contributed by atoms with Gasteiger partial charge in [0.15, 0.2) is 17.9 Å². The number of carbonyl (C=O) groups is 2. The molecule has 0 radical (unpaired) electrons. The maximum absolute atomic E-state index is 12.2. The molecule has 0 bridgehead atoms. The molecule has 0 aromatic carbocycles. The van der Waals surface area contributed by atoms with E-state index in [-0.39, 0.29) is 12.0 Å². The van der Waals surface area contributed by atoms with Crippen LogP contribution in [0.1, 0.15) is 98.3 Å². The average molecular weight is 454 g/mol. The third-order valence-electron chi connectivity index (χ3n) is 6.06. The molecule has 2 aliphatic heterocycles. The third kappa shape index (κ3) is 8.83. The molecule has 5 atom stereocenters. The Balaban J connectivity index is 1.68. The topological polar surface area (TPSA) is 94.1 Å². The lowest BCUT2D eigenvalue weighted by Crippen LogP contribution is -2.57. The first kappa shape index (κ1) is 26.8. The van der Waals surface area contributed by atoms with Crippen LogP contribution in [0.25, 0.3) is 0 Å². The van der Waals surface area contributed by atoms with Crippen molar-refractivity contribution in [3.63, 3.8) is 0 Å². The minimum absolute atomic E-state index is 0.149. The van der Waals surface area contributed by atoms with Crippen LogP contribution >= 0.6 is 0 Å². The van der Waals surface area contributed by atoms with E-state index in [1.807, 2.05) is 6.08 Å². The number of ether oxygens (including phenoxy) is 3. The van der Waals surface area contributed by atoms with Crippen molar-refractivity contribution in [3.8, 4) is 0 Å². The normalized spacial score (nSPS) is 27.8. The highest BCUT2D eigenvalue weighted by atomic mass is 16.7. The summed E-state index contributed by atoms with van der Waals surface area (Å²) < 4.78 is 17.4. The molecule has 0 saturated carbocycles. The minimum atomic E-state index is -0.877. The number of carbonyl (C=O) groups excluding carboxylic acids is 2. The Hall–Kier alpha value is -1.44. The van der Waals surface area contributed by atoms with Crippen LogP contribution in [0.3, 0.4) is 0 Å². The highest BCUT2D eigenvalue weighted by Gasteiger charge is 2.55. The van der Waals surface area contributed by atoms with Crippen LogP contribution in [0, 0.1) is 0 Å². The van der Waals surface area contributed by atoms with Gasteiger partial charge in [0.05, 0.1) is 6.10 Å². The Labute approximate surface area is 193 Å². The van der Waals surface area contributed by atoms with Crippen molar-refractivity contribution in [1.29, 1.82) is 0 Å². The summed E-state index contributed by atoms with van der Waals surface area (Å²) in [6.07, 6.45) is 14.3. The highest BCUT2D eigenvalue weighted by molar-refractivity contribution is 5.85. The third-order valence-corrected chi connectivity index (χ3v) is 6.06. The van der Waals surface area contributed by atoms with Gasteiger partial charge < -0.3 is 24.6 Å². The summed E-state index contributed by atoms with van der Waals surface area (Å²) in [4.78, 5) is 23.7. The Kier molecular flexibility index (Phi) is 11.2. The number of rotatable bonds is 14. The van der Waals surface area contributed by atoms with Crippen LogP contribution < -0.4 is 5.32 Å². The molecule has 2 fully saturated rings. The summed E-state index contributed by atoms with van der Waals surface area (Å²) in [5.41, 5.74) is 0. The van der Waals surface area contributed by atoms with E-state index < -0.39 is 36.1 Å². The zero-order valence-corrected chi connectivity index (χ0v) is 20.3. The van der Waals surface area contributed by atoms with E-state index in [4.69, 9.17) is 14.2 Å². The van der Waals surface area contributed by atoms with E-state index >= 15 is 0 Å². The predicted molar refractivity (Wildman–Crippen MR) is 123 cm³/mol. The van der Waals surface area contributed by atoms with Gasteiger partial charge in [0.1, 0.15) is 12.2 Å². The Bertz CT molecular complexity index is 620. The van der Waals surface area contributed by atoms with E-state index in [9.17, 15) is 14.7 Å². The van der Waals surface area contributed by atoms with Crippen molar-refractivity contribution in [2.24, 2.45) is 0 Å². The fraction of sp³-hybridized carbons (Fsp3) is 0.840. The first-order valence-corrected chi connectivity index (χ1v) is 12.4. The number of allylic oxidation sites excluding steroid dienone is 1. The standard InChI is InChI=1S/C25H43NO6/c1-5-6-7-12-15-19(28)16-13-10-8-9-11-14-17-20-22-23(32-25(3,4)31-20)21(24(29)30-22)26-18(2)27/h14,17,19-23,28H,5-13,15-16H2,1-4H3,(H,26,27)/b17-14+/t19-,20+,21-,22+,23+/m0/s1. The SMILES string of the molecule is CCCCCC[C@H](O)CCCCCC/C=C/[C@H]1OC(C)(C)O[C@H]2[C@@H]1OC(=O)[C@H]2NC(C)=O. The average Bonchev–Trinajstić information content (AvgIpc) is 3.01. The molecular weight excluding hydrogens is 410 g/mol. The van der Waals surface area contributed by atoms with Crippen LogP contribution in [-0.4, -0.2) is 53.2 Å². The first-order valence-electron chi connectivity index (χ1n) is 12.4. The van der Waals surface area contributed by atoms with Crippen LogP contribution in [-0.2, 0) is 23.8 Å². The fourth-order valence-electron chi connectivity index (χ4n) is 4.42. The minimum Gasteiger partial charge on any atom is -0.455 e. The molecule has 2 N–H and O–H groups in total. The molecule has 184 valence electrons. The zero-order chi connectivity index (χ0) is 23.6. The lowest BCUT2D eigenvalue weighted by Gasteiger charge is -2.41. The number of unbranched alkanes of at least 4 members (excludes halogenated alkanes) is 7. The second-order valence-electron chi connectivity index (χ2n) is 9.57. The van der Waals surface area contributed by atoms with Crippen LogP contribution in [0.2, 0.25) is 0 Å². The second kappa shape index (κ2) is 13.3. The lowest BCUT2D eigenvalue weighted by molar-refractivity contribution is -0.312. The monoisotopic (exact) mass is 453 g/mol. The van der Waals surface area contributed by atoms with E-state index in [2.05, 4.69) is 18.3 Å². The molecule has 0 unspecified atom stereocenters. The smallest absolute Gasteiger partial charge is 0.332 e. The van der Waals surface area contributed by atoms with Crippen molar-refractivity contribution in [3.05, 3.63) is 12.2 Å². The number of fused-ring (bicyclic) bond motifs is 1. The number of aliphatic hydroxyl groups is 1. The molecule has 2 rings (SSSR count). The molecule has 0 aromatic heterocycles. The van der Waals surface area contributed by atoms with Crippen LogP contribution in [0.15, 0.2) is 12.2 Å². The molecule has 7 heteroatoms. The van der Waals surface area contributed by atoms with E-state index in [1.165, 1.54) is 26.2 Å². The summed E-state index contributed by atoms with van der Waals surface area (Å²) in [5, 5.41) is 12.7. The second-order valence-corrected chi connectivity index (χ2v) is 9.57. The Morgan fingerprint density at radius 3 is 2.38 bits per heavy atom. The summed E-state index contributed by atoms with van der Waals surface area (Å²) in [5.74, 6) is -1.66. The number of hydrogen-bond acceptors (Lipinski definition) is 6. The summed E-state index contributed by atoms with van der Waals surface area (Å²) in [6, 6.07) is -0.807. The van der Waals surface area contributed by atoms with Crippen LogP contribution in [0.5, 0.6) is 0 Å². The fourth-order valence-corrected chi connectivity index (χ4v) is 4.42. The predicted octanol–water partition coefficient (Wildman–Crippen LogP) is 4.16. The molecule has 2 aliphatic rings. The van der Waals surface area contributed by atoms with Crippen molar-refractivity contribution >= 4 is 11.9 Å². The quantitative estimate of drug-likeness (QED) is 0.233. The molecule has 7 nitrogen and oxygen atoms in total. The van der Waals surface area contributed by atoms with Gasteiger partial charge >= 0.3 is 5.97 Å². The molecule has 2 heterocycles. The van der Waals surface area contributed by atoms with Gasteiger partial charge in [0.2, 0.25) is 5.91 Å². The van der Waals surface area contributed by atoms with Crippen molar-refractivity contribution in [2.45, 2.75) is 135 Å². The molecule has 1 amide bonds. The molecule has 0 aliphatic carbocycles. The van der Waals surface area contributed by atoms with Gasteiger partial charge in [-0.3, -0.25) is 4.79 Å². The van der Waals surface area contributed by atoms with Crippen LogP contribution in [0.4, 0.5) is 0 Å². The van der Waals surface area contributed by atoms with Crippen molar-refractivity contribution in [1.82, 2.24) is 5.32 Å². The lowest BCUT2D eigenvalue weighted by atomic mass is 10.00. The number of aliphatic hydroxyl groups excluding tert-OH is 1. The Morgan fingerprint density at radius 2 is 1.72 bits per heavy atom. The molecule has 2 saturated heterocycles. The van der Waals surface area contributed by atoms with E-state index in [1.54, 1.807) is 13.8 Å². The zero-order valence-electron chi connectivity index (χ0n) is 20.3. The summed E-state index contributed by atoms with van der Waals surface area (Å²) in [6.45, 7) is 7.18. The molecule has 32 heavy (non-hydrogen) atoms. The molecule has 0 aromatic rings. The van der Waals surface area contributed by atoms with Gasteiger partial charge in [0, 0.05) is 6.92 Å². The number of esters is 1. The van der Waals surface area contributed by atoms with Gasteiger partial charge in [-0.2, -0.15) is 0 Å². The van der Waals surface area contributed by atoms with Crippen molar-refractivity contribution in [2.75, 3.05) is 0 Å². The highest BCUT2D eigenvalue weighted by Crippen LogP contribution is 2.35. The number of amides is 1. The largest absolute Gasteiger partial charge is 0.455 e. The maximum Gasteiger partial charge on any atom is 0.332 e. The Morgan fingerprint density at radius 1 is 1.06 bits per heavy atom. The van der Waals surface area contributed by atoms with Gasteiger partial charge in [-0.25, -0.2) is 4.79 Å². The van der Waals surface area contributed by atoms with Gasteiger partial charge in [-0.15, -0.1) is 0 Å². The van der Waals surface area contributed by atoms with Gasteiger partial charge in [0.25, 0.3) is 0 Å². The molecular formula is C25H43NO6. The van der Waals surface area contributed by atoms with Gasteiger partial charge in [-0.05, 0) is 39.5 Å². The van der Waals surface area contributed by atoms with E-state index in [0.717, 1.165) is 51.4 Å². The summed E-state index contributed by atoms with van der Waals surface area (Å²) in [7, 11) is 0.